The number of nitrogens with two attached hydrogens (primary N) is 2. The molecular weight excluding hydrogens is 490 g/mol. The Kier molecular flexibility index (Phi) is 4.89. The van der Waals surface area contributed by atoms with E-state index < -0.39 is 11.7 Å². The Morgan fingerprint density at radius 2 is 1.77 bits per heavy atom. The second-order valence-corrected chi connectivity index (χ2v) is 9.88. The summed E-state index contributed by atoms with van der Waals surface area (Å²) in [4.78, 5) is 24.6. The van der Waals surface area contributed by atoms with Gasteiger partial charge in [0.25, 0.3) is 0 Å². The van der Waals surface area contributed by atoms with Crippen LogP contribution < -0.4 is 21.8 Å². The molecule has 39 heavy (non-hydrogen) atoms. The first-order chi connectivity index (χ1) is 18.9. The molecule has 0 aliphatic carbocycles. The van der Waals surface area contributed by atoms with Crippen LogP contribution in [0.4, 0.5) is 11.6 Å². The summed E-state index contributed by atoms with van der Waals surface area (Å²) in [5, 5.41) is 8.98. The fourth-order valence-corrected chi connectivity index (χ4v) is 5.78. The maximum Gasteiger partial charge on any atom is 0.200 e. The molecule has 1 unspecified atom stereocenters. The number of aromatic nitrogens is 4. The summed E-state index contributed by atoms with van der Waals surface area (Å²) in [6, 6.07) is 22.2. The van der Waals surface area contributed by atoms with Crippen molar-refractivity contribution in [3.8, 4) is 11.1 Å². The van der Waals surface area contributed by atoms with E-state index in [4.69, 9.17) is 15.9 Å². The molecule has 192 valence electrons. The summed E-state index contributed by atoms with van der Waals surface area (Å²) in [6.45, 7) is 3.93. The summed E-state index contributed by atoms with van der Waals surface area (Å²) in [5.74, 6) is 1.37. The standard InChI is InChI=1S/C30H25N7O2/c1-16-20-13-12-19(14-22(20)36-35-16)30(32)25-28(31)33-15-34-29(25)37(30)17(2)27-24(18-8-4-3-5-9-18)26(38)21-10-6-7-11-23(21)39-27/h3-15,17H,32H2,1-2H3,(H,35,36)(H2,31,33,34)/t17?,30-/m0/s1. The number of hydrogen-bond donors (Lipinski definition) is 3. The lowest BCUT2D eigenvalue weighted by Gasteiger charge is -2.54. The Morgan fingerprint density at radius 3 is 2.59 bits per heavy atom. The molecule has 3 aromatic heterocycles. The minimum absolute atomic E-state index is 0.108. The van der Waals surface area contributed by atoms with E-state index in [1.54, 1.807) is 12.1 Å². The van der Waals surface area contributed by atoms with Crippen LogP contribution in [0.2, 0.25) is 0 Å². The van der Waals surface area contributed by atoms with Crippen LogP contribution in [-0.4, -0.2) is 20.2 Å². The van der Waals surface area contributed by atoms with Crippen LogP contribution >= 0.6 is 0 Å². The molecule has 5 N–H and O–H groups in total. The Morgan fingerprint density at radius 1 is 1.00 bits per heavy atom. The highest BCUT2D eigenvalue weighted by molar-refractivity contribution is 5.86. The van der Waals surface area contributed by atoms with E-state index in [-0.39, 0.29) is 5.43 Å². The fourth-order valence-electron chi connectivity index (χ4n) is 5.78. The Labute approximate surface area is 223 Å². The number of H-pyrrole nitrogens is 1. The monoisotopic (exact) mass is 515 g/mol. The molecule has 4 heterocycles. The van der Waals surface area contributed by atoms with Crippen LogP contribution in [0.1, 0.15) is 35.5 Å². The number of aryl methyl sites for hydroxylation is 1. The van der Waals surface area contributed by atoms with E-state index in [1.165, 1.54) is 6.33 Å². The van der Waals surface area contributed by atoms with Gasteiger partial charge in [-0.15, -0.1) is 0 Å². The van der Waals surface area contributed by atoms with Crippen LogP contribution in [-0.2, 0) is 5.66 Å². The minimum atomic E-state index is -1.20. The molecule has 0 saturated carbocycles. The predicted octanol–water partition coefficient (Wildman–Crippen LogP) is 4.76. The van der Waals surface area contributed by atoms with E-state index >= 15 is 0 Å². The van der Waals surface area contributed by atoms with Gasteiger partial charge in [0.05, 0.1) is 28.1 Å². The first-order valence-corrected chi connectivity index (χ1v) is 12.6. The Hall–Kier alpha value is -5.02. The molecule has 0 amide bonds. The van der Waals surface area contributed by atoms with Crippen LogP contribution in [0.15, 0.2) is 88.3 Å². The number of hydrogen-bond acceptors (Lipinski definition) is 8. The highest BCUT2D eigenvalue weighted by Gasteiger charge is 2.54. The number of rotatable bonds is 4. The van der Waals surface area contributed by atoms with Gasteiger partial charge in [-0.1, -0.05) is 54.6 Å². The first kappa shape index (κ1) is 23.1. The predicted molar refractivity (Wildman–Crippen MR) is 151 cm³/mol. The number of nitrogens with one attached hydrogen (secondary N) is 1. The van der Waals surface area contributed by atoms with Crippen molar-refractivity contribution >= 4 is 33.5 Å². The topological polar surface area (TPSA) is 140 Å². The van der Waals surface area contributed by atoms with Crippen molar-refractivity contribution in [1.82, 2.24) is 20.2 Å². The Bertz CT molecular complexity index is 1960. The van der Waals surface area contributed by atoms with Gasteiger partial charge in [0.15, 0.2) is 5.66 Å². The SMILES string of the molecule is Cc1[nH]nc2cc([C@@]3(N)c4c(N)ncnc4N3C(C)c3oc4ccccc4c(=O)c3-c3ccccc3)ccc12. The molecule has 0 bridgehead atoms. The van der Waals surface area contributed by atoms with Gasteiger partial charge in [0.1, 0.15) is 29.3 Å². The zero-order chi connectivity index (χ0) is 26.9. The third-order valence-corrected chi connectivity index (χ3v) is 7.69. The molecular formula is C30H25N7O2. The van der Waals surface area contributed by atoms with Crippen molar-refractivity contribution in [2.24, 2.45) is 5.73 Å². The summed E-state index contributed by atoms with van der Waals surface area (Å²) in [6.07, 6.45) is 1.42. The highest BCUT2D eigenvalue weighted by Crippen LogP contribution is 2.54. The number of fused-ring (bicyclic) bond motifs is 3. The maximum atomic E-state index is 13.9. The van der Waals surface area contributed by atoms with Crippen LogP contribution in [0, 0.1) is 6.92 Å². The van der Waals surface area contributed by atoms with E-state index in [0.29, 0.717) is 39.5 Å². The normalized spacial score (nSPS) is 17.3. The summed E-state index contributed by atoms with van der Waals surface area (Å²) in [5.41, 5.74) is 17.2. The smallest absolute Gasteiger partial charge is 0.200 e. The lowest BCUT2D eigenvalue weighted by atomic mass is 9.81. The van der Waals surface area contributed by atoms with E-state index in [0.717, 1.165) is 27.7 Å². The second-order valence-electron chi connectivity index (χ2n) is 9.88. The van der Waals surface area contributed by atoms with Gasteiger partial charge in [-0.25, -0.2) is 9.97 Å². The third kappa shape index (κ3) is 3.17. The van der Waals surface area contributed by atoms with Gasteiger partial charge < -0.3 is 20.8 Å². The lowest BCUT2D eigenvalue weighted by molar-refractivity contribution is 0.361. The number of nitrogen functional groups attached to an aromatic ring is 1. The zero-order valence-corrected chi connectivity index (χ0v) is 21.3. The summed E-state index contributed by atoms with van der Waals surface area (Å²) >= 11 is 0. The number of benzene rings is 3. The molecule has 0 spiro atoms. The molecule has 3 aromatic carbocycles. The first-order valence-electron chi connectivity index (χ1n) is 12.6. The molecule has 1 aliphatic rings. The summed E-state index contributed by atoms with van der Waals surface area (Å²) < 4.78 is 6.51. The fraction of sp³-hybridized carbons (Fsp3) is 0.133. The zero-order valence-electron chi connectivity index (χ0n) is 21.3. The molecule has 7 rings (SSSR count). The largest absolute Gasteiger partial charge is 0.458 e. The molecule has 1 aliphatic heterocycles. The van der Waals surface area contributed by atoms with Gasteiger partial charge in [-0.3, -0.25) is 9.89 Å². The average molecular weight is 516 g/mol. The third-order valence-electron chi connectivity index (χ3n) is 7.69. The Balaban J connectivity index is 1.47. The highest BCUT2D eigenvalue weighted by atomic mass is 16.3. The van der Waals surface area contributed by atoms with Gasteiger partial charge in [0.2, 0.25) is 5.43 Å². The van der Waals surface area contributed by atoms with Crippen molar-refractivity contribution in [3.05, 3.63) is 112 Å². The lowest BCUT2D eigenvalue weighted by Crippen LogP contribution is -2.63. The van der Waals surface area contributed by atoms with E-state index in [1.807, 2.05) is 79.4 Å². The number of anilines is 2. The van der Waals surface area contributed by atoms with Crippen LogP contribution in [0.3, 0.4) is 0 Å². The quantitative estimate of drug-likeness (QED) is 0.305. The number of nitrogens with zero attached hydrogens (tertiary/aromatic N) is 4. The van der Waals surface area contributed by atoms with Crippen molar-refractivity contribution < 1.29 is 4.42 Å². The van der Waals surface area contributed by atoms with Crippen molar-refractivity contribution in [2.45, 2.75) is 25.6 Å². The second kappa shape index (κ2) is 8.24. The molecule has 0 fully saturated rings. The molecule has 6 aromatic rings. The number of para-hydroxylation sites is 1. The molecule has 0 radical (unpaired) electrons. The van der Waals surface area contributed by atoms with Gasteiger partial charge in [-0.05, 0) is 43.2 Å². The van der Waals surface area contributed by atoms with Gasteiger partial charge in [0, 0.05) is 11.1 Å². The van der Waals surface area contributed by atoms with Gasteiger partial charge >= 0.3 is 0 Å². The summed E-state index contributed by atoms with van der Waals surface area (Å²) in [7, 11) is 0. The van der Waals surface area contributed by atoms with Crippen molar-refractivity contribution in [1.29, 1.82) is 0 Å². The van der Waals surface area contributed by atoms with Gasteiger partial charge in [-0.2, -0.15) is 5.10 Å². The molecule has 2 atom stereocenters. The molecule has 9 nitrogen and oxygen atoms in total. The van der Waals surface area contributed by atoms with E-state index in [9.17, 15) is 4.79 Å². The van der Waals surface area contributed by atoms with Crippen LogP contribution in [0.25, 0.3) is 33.0 Å². The average Bonchev–Trinajstić information content (AvgIpc) is 3.32. The van der Waals surface area contributed by atoms with Crippen molar-refractivity contribution in [3.63, 3.8) is 0 Å². The minimum Gasteiger partial charge on any atom is -0.458 e. The maximum absolute atomic E-state index is 13.9. The number of aromatic amines is 1. The van der Waals surface area contributed by atoms with E-state index in [2.05, 4.69) is 20.2 Å². The van der Waals surface area contributed by atoms with Crippen molar-refractivity contribution in [2.75, 3.05) is 10.6 Å². The van der Waals surface area contributed by atoms with Crippen LogP contribution in [0.5, 0.6) is 0 Å². The molecule has 9 heteroatoms. The molecule has 0 saturated heterocycles.